The van der Waals surface area contributed by atoms with Crippen LogP contribution in [0, 0.1) is 0 Å². The zero-order valence-electron chi connectivity index (χ0n) is 44.0. The Morgan fingerprint density at radius 1 is 0.527 bits per heavy atom. The Bertz CT molecular complexity index is 2380. The summed E-state index contributed by atoms with van der Waals surface area (Å²) in [7, 11) is -6.59. The van der Waals surface area contributed by atoms with Crippen molar-refractivity contribution in [3.8, 4) is 0 Å². The molecule has 4 fully saturated rings. The van der Waals surface area contributed by atoms with Crippen LogP contribution in [0.4, 0.5) is 0 Å². The highest BCUT2D eigenvalue weighted by Gasteiger charge is 2.50. The van der Waals surface area contributed by atoms with Crippen LogP contribution in [-0.2, 0) is 14.5 Å². The van der Waals surface area contributed by atoms with Gasteiger partial charge < -0.3 is 45.3 Å². The smallest absolute Gasteiger partial charge is 0.264 e. The molecule has 0 aromatic heterocycles. The lowest BCUT2D eigenvalue weighted by molar-refractivity contribution is 0.233. The molecule has 0 aliphatic carbocycles. The van der Waals surface area contributed by atoms with Crippen LogP contribution in [0.25, 0.3) is 0 Å². The lowest BCUT2D eigenvalue weighted by Crippen LogP contribution is -2.67. The van der Waals surface area contributed by atoms with E-state index in [1.165, 1.54) is 10.4 Å². The molecular formula is C53H82N12O4S4Si. The summed E-state index contributed by atoms with van der Waals surface area (Å²) in [4.78, 5) is 30.3. The molecule has 2 aromatic carbocycles. The average Bonchev–Trinajstić information content (AvgIpc) is 3.40. The van der Waals surface area contributed by atoms with Crippen LogP contribution in [0.1, 0.15) is 78.6 Å². The minimum absolute atomic E-state index is 0.0556. The number of aliphatic imine (C=N–C) groups is 4. The maximum atomic E-state index is 11.3. The van der Waals surface area contributed by atoms with Gasteiger partial charge in [-0.05, 0) is 73.2 Å². The second kappa shape index (κ2) is 24.5. The van der Waals surface area contributed by atoms with Gasteiger partial charge in [-0.3, -0.25) is 4.55 Å². The van der Waals surface area contributed by atoms with Crippen molar-refractivity contribution in [2.45, 2.75) is 132 Å². The number of rotatable bonds is 20. The molecule has 0 amide bonds. The molecule has 21 heteroatoms. The summed E-state index contributed by atoms with van der Waals surface area (Å²) in [5.41, 5.74) is 0. The molecule has 0 spiro atoms. The summed E-state index contributed by atoms with van der Waals surface area (Å²) < 4.78 is 39.1. The number of guanidine groups is 4. The first-order valence-corrected chi connectivity index (χ1v) is 34.6. The van der Waals surface area contributed by atoms with Crippen molar-refractivity contribution in [1.29, 1.82) is 0 Å². The molecule has 8 aliphatic rings. The summed E-state index contributed by atoms with van der Waals surface area (Å²) in [6, 6.07) is 24.3. The Morgan fingerprint density at radius 3 is 1.26 bits per heavy atom. The number of nitrogens with one attached hydrogen (secondary N) is 4. The number of nitrogens with zero attached hydrogens (tertiary/aromatic N) is 8. The van der Waals surface area contributed by atoms with Crippen molar-refractivity contribution >= 4 is 87.9 Å². The SMILES string of the molecule is CC(C)(C)[Si](OC[C@H]1CCN2CC[C@H](CSC[C@H]3CCN4CC[C@H](CSC[C@H]5CCN6CC[C@H](CSC[C@H]7CCN8CC[C@H](CCS(=O)(=O)O)N=C8N7)N=C6N5)NC4=N3)NC2=N1)(c1ccccc1)c1ccccc1. The van der Waals surface area contributed by atoms with Gasteiger partial charge in [-0.1, -0.05) is 81.4 Å². The fourth-order valence-electron chi connectivity index (χ4n) is 12.0. The molecule has 0 unspecified atom stereocenters. The Labute approximate surface area is 455 Å². The van der Waals surface area contributed by atoms with Crippen LogP contribution in [0.5, 0.6) is 0 Å². The van der Waals surface area contributed by atoms with Gasteiger partial charge >= 0.3 is 0 Å². The van der Waals surface area contributed by atoms with E-state index in [1.54, 1.807) is 0 Å². The van der Waals surface area contributed by atoms with Gasteiger partial charge in [0.25, 0.3) is 18.4 Å². The van der Waals surface area contributed by atoms with Crippen LogP contribution >= 0.6 is 35.3 Å². The molecule has 2 aromatic rings. The van der Waals surface area contributed by atoms with E-state index in [0.29, 0.717) is 49.3 Å². The highest BCUT2D eigenvalue weighted by molar-refractivity contribution is 7.99. The van der Waals surface area contributed by atoms with E-state index in [4.69, 9.17) is 24.4 Å². The van der Waals surface area contributed by atoms with Gasteiger partial charge in [0, 0.05) is 111 Å². The van der Waals surface area contributed by atoms with Gasteiger partial charge in [0.05, 0.1) is 36.5 Å². The summed E-state index contributed by atoms with van der Waals surface area (Å²) in [6.45, 7) is 15.9. The van der Waals surface area contributed by atoms with Crippen LogP contribution in [0.15, 0.2) is 80.6 Å². The van der Waals surface area contributed by atoms with Crippen molar-refractivity contribution in [2.24, 2.45) is 20.0 Å². The van der Waals surface area contributed by atoms with Gasteiger partial charge in [0.2, 0.25) is 0 Å². The third-order valence-corrected chi connectivity index (χ3v) is 25.7. The van der Waals surface area contributed by atoms with Crippen molar-refractivity contribution in [1.82, 2.24) is 40.9 Å². The molecule has 0 radical (unpaired) electrons. The zero-order valence-corrected chi connectivity index (χ0v) is 48.2. The highest BCUT2D eigenvalue weighted by atomic mass is 32.2. The predicted molar refractivity (Wildman–Crippen MR) is 312 cm³/mol. The van der Waals surface area contributed by atoms with E-state index in [0.717, 1.165) is 162 Å². The number of thioether (sulfide) groups is 3. The van der Waals surface area contributed by atoms with E-state index in [9.17, 15) is 13.0 Å². The molecule has 8 atom stereocenters. The first kappa shape index (κ1) is 54.0. The predicted octanol–water partition coefficient (Wildman–Crippen LogP) is 4.21. The largest absolute Gasteiger partial charge is 0.405 e. The van der Waals surface area contributed by atoms with Crippen LogP contribution in [0.3, 0.4) is 0 Å². The van der Waals surface area contributed by atoms with Gasteiger partial charge in [-0.25, -0.2) is 20.0 Å². The topological polar surface area (TPSA) is 174 Å². The number of hydrogen-bond acceptors (Lipinski definition) is 18. The van der Waals surface area contributed by atoms with E-state index < -0.39 is 18.4 Å². The maximum Gasteiger partial charge on any atom is 0.264 e. The third-order valence-electron chi connectivity index (χ3n) is 16.2. The second-order valence-corrected chi connectivity index (χ2v) is 31.8. The number of benzene rings is 2. The van der Waals surface area contributed by atoms with E-state index >= 15 is 0 Å². The molecule has 0 saturated carbocycles. The van der Waals surface area contributed by atoms with Gasteiger partial charge in [-0.2, -0.15) is 43.7 Å². The van der Waals surface area contributed by atoms with E-state index in [1.807, 2.05) is 23.5 Å². The lowest BCUT2D eigenvalue weighted by atomic mass is 10.1. The lowest BCUT2D eigenvalue weighted by Gasteiger charge is -2.44. The quantitative estimate of drug-likeness (QED) is 0.0943. The molecule has 0 bridgehead atoms. The second-order valence-electron chi connectivity index (χ2n) is 22.7. The first-order chi connectivity index (χ1) is 35.8. The molecule has 8 heterocycles. The Morgan fingerprint density at radius 2 is 0.865 bits per heavy atom. The summed E-state index contributed by atoms with van der Waals surface area (Å²) in [5, 5.41) is 17.8. The van der Waals surface area contributed by atoms with Crippen LogP contribution in [0.2, 0.25) is 5.04 Å². The van der Waals surface area contributed by atoms with Crippen molar-refractivity contribution in [3.05, 3.63) is 60.7 Å². The van der Waals surface area contributed by atoms with Crippen molar-refractivity contribution in [2.75, 3.05) is 99.2 Å². The molecule has 74 heavy (non-hydrogen) atoms. The summed E-state index contributed by atoms with van der Waals surface area (Å²) in [5.74, 6) is 10.2. The van der Waals surface area contributed by atoms with Crippen molar-refractivity contribution in [3.63, 3.8) is 0 Å². The van der Waals surface area contributed by atoms with Crippen LogP contribution < -0.4 is 31.6 Å². The van der Waals surface area contributed by atoms with E-state index in [-0.39, 0.29) is 22.9 Å². The van der Waals surface area contributed by atoms with E-state index in [2.05, 4.69) is 134 Å². The maximum absolute atomic E-state index is 11.3. The molecule has 10 rings (SSSR count). The molecular weight excluding hydrogens is 1030 g/mol. The van der Waals surface area contributed by atoms with Crippen LogP contribution in [-0.4, -0.2) is 212 Å². The zero-order chi connectivity index (χ0) is 51.1. The Hall–Kier alpha value is -3.34. The summed E-state index contributed by atoms with van der Waals surface area (Å²) in [6.07, 6.45) is 8.92. The molecule has 4 saturated heterocycles. The fraction of sp³-hybridized carbons (Fsp3) is 0.698. The van der Waals surface area contributed by atoms with Gasteiger partial charge in [0.15, 0.2) is 23.8 Å². The van der Waals surface area contributed by atoms with Gasteiger partial charge in [0.1, 0.15) is 0 Å². The minimum Gasteiger partial charge on any atom is -0.405 e. The molecule has 5 N–H and O–H groups in total. The first-order valence-electron chi connectivity index (χ1n) is 27.6. The normalized spacial score (nSPS) is 28.3. The molecule has 406 valence electrons. The number of fused-ring (bicyclic) bond motifs is 4. The third kappa shape index (κ3) is 13.7. The fourth-order valence-corrected chi connectivity index (χ4v) is 20.7. The summed E-state index contributed by atoms with van der Waals surface area (Å²) >= 11 is 6.09. The number of hydrogen-bond donors (Lipinski definition) is 5. The Kier molecular flexibility index (Phi) is 17.9. The standard InChI is InChI=1S/C53H82N12O4S4Si/c1-53(2,3)74(47-10-6-4-7-11-47,48-12-8-5-9-13-48)69-32-40-15-24-63-26-17-42(57-50(63)55-40)34-71-36-44-19-28-65-30-21-46(61-52(65)59-44)38-72-37-45-20-29-64-27-18-43(58-51(64)60-45)35-70-33-41-16-25-62-23-14-39(54-49(62)56-41)22-31-73(66,67)68/h4-13,39-46H,14-38H2,1-3H3,(H,54,56)(H,55,57)(H,58,60)(H,59,61)(H,66,67,68)/t39-,40-,41-,42-,43-,44-,45-,46-/m1/s1. The monoisotopic (exact) mass is 1110 g/mol. The Balaban J connectivity index is 0.638. The molecule has 16 nitrogen and oxygen atoms in total. The average molecular weight is 1110 g/mol. The highest BCUT2D eigenvalue weighted by Crippen LogP contribution is 2.37. The molecule has 8 aliphatic heterocycles. The van der Waals surface area contributed by atoms with Gasteiger partial charge in [-0.15, -0.1) is 0 Å². The minimum atomic E-state index is -3.97. The van der Waals surface area contributed by atoms with Crippen molar-refractivity contribution < 1.29 is 17.4 Å².